The molecular formula is C20H18F4N4O3. The molecule has 0 amide bonds. The Labute approximate surface area is 174 Å². The second kappa shape index (κ2) is 9.83. The standard InChI is InChI=1S/C20H18F4N4O3/c1-11-3-8-16(18(21)17(11)15(25)9-27-29)30-10-12(2)28-19(26)13-4-6-14(7-5-13)31-20(22,23)24/h3-8,10,25H,9H2,1-2H3,(H2,26,28)/b12-10-,25-15?. The van der Waals surface area contributed by atoms with Crippen molar-refractivity contribution < 1.29 is 27.0 Å². The zero-order chi connectivity index (χ0) is 23.2. The molecule has 31 heavy (non-hydrogen) atoms. The third-order valence-corrected chi connectivity index (χ3v) is 3.88. The molecule has 2 aromatic rings. The van der Waals surface area contributed by atoms with Crippen molar-refractivity contribution in [1.82, 2.24) is 0 Å². The Morgan fingerprint density at radius 3 is 2.42 bits per heavy atom. The number of amidine groups is 1. The summed E-state index contributed by atoms with van der Waals surface area (Å²) < 4.78 is 60.3. The summed E-state index contributed by atoms with van der Waals surface area (Å²) in [4.78, 5) is 14.4. The summed E-state index contributed by atoms with van der Waals surface area (Å²) in [5.41, 5.74) is 6.49. The molecule has 3 N–H and O–H groups in total. The number of benzene rings is 2. The van der Waals surface area contributed by atoms with Crippen molar-refractivity contribution in [3.8, 4) is 11.5 Å². The molecule has 11 heteroatoms. The molecule has 7 nitrogen and oxygen atoms in total. The Balaban J connectivity index is 2.17. The molecule has 0 aromatic heterocycles. The van der Waals surface area contributed by atoms with Crippen molar-refractivity contribution in [2.24, 2.45) is 15.9 Å². The van der Waals surface area contributed by atoms with Crippen LogP contribution in [0, 0.1) is 23.1 Å². The fourth-order valence-electron chi connectivity index (χ4n) is 2.52. The third-order valence-electron chi connectivity index (χ3n) is 3.88. The largest absolute Gasteiger partial charge is 0.573 e. The number of hydrogen-bond donors (Lipinski definition) is 2. The highest BCUT2D eigenvalue weighted by Gasteiger charge is 2.31. The van der Waals surface area contributed by atoms with Crippen LogP contribution in [0.1, 0.15) is 23.6 Å². The number of hydrogen-bond acceptors (Lipinski definition) is 6. The number of rotatable bonds is 8. The summed E-state index contributed by atoms with van der Waals surface area (Å²) in [6.07, 6.45) is -3.68. The number of nitrogens with two attached hydrogens (primary N) is 1. The molecular weight excluding hydrogens is 420 g/mol. The highest BCUT2D eigenvalue weighted by Crippen LogP contribution is 2.25. The normalized spacial score (nSPS) is 12.5. The van der Waals surface area contributed by atoms with E-state index in [4.69, 9.17) is 15.9 Å². The summed E-state index contributed by atoms with van der Waals surface area (Å²) in [5.74, 6) is -1.44. The van der Waals surface area contributed by atoms with Gasteiger partial charge in [0.2, 0.25) is 0 Å². The van der Waals surface area contributed by atoms with Gasteiger partial charge in [-0.15, -0.1) is 13.2 Å². The van der Waals surface area contributed by atoms with E-state index < -0.39 is 24.5 Å². The highest BCUT2D eigenvalue weighted by molar-refractivity contribution is 6.01. The van der Waals surface area contributed by atoms with Gasteiger partial charge in [-0.3, -0.25) is 0 Å². The van der Waals surface area contributed by atoms with Gasteiger partial charge in [0.1, 0.15) is 24.4 Å². The lowest BCUT2D eigenvalue weighted by Crippen LogP contribution is -2.17. The van der Waals surface area contributed by atoms with Gasteiger partial charge in [-0.1, -0.05) is 11.2 Å². The number of halogens is 4. The van der Waals surface area contributed by atoms with Gasteiger partial charge in [0.25, 0.3) is 0 Å². The molecule has 0 bridgehead atoms. The lowest BCUT2D eigenvalue weighted by atomic mass is 10.0. The van der Waals surface area contributed by atoms with Gasteiger partial charge < -0.3 is 20.6 Å². The summed E-state index contributed by atoms with van der Waals surface area (Å²) in [5, 5.41) is 10.4. The number of alkyl halides is 3. The molecule has 2 rings (SSSR count). The first-order valence-electron chi connectivity index (χ1n) is 8.71. The number of aliphatic imine (C=N–C) groups is 1. The molecule has 0 aliphatic heterocycles. The average Bonchev–Trinajstić information content (AvgIpc) is 2.67. The Hall–Kier alpha value is -3.76. The molecule has 2 aromatic carbocycles. The highest BCUT2D eigenvalue weighted by atomic mass is 19.4. The summed E-state index contributed by atoms with van der Waals surface area (Å²) in [7, 11) is 0. The van der Waals surface area contributed by atoms with Crippen molar-refractivity contribution in [3.63, 3.8) is 0 Å². The number of allylic oxidation sites excluding steroid dienone is 1. The van der Waals surface area contributed by atoms with E-state index in [-0.39, 0.29) is 28.6 Å². The van der Waals surface area contributed by atoms with E-state index >= 15 is 0 Å². The van der Waals surface area contributed by atoms with Crippen LogP contribution < -0.4 is 15.2 Å². The van der Waals surface area contributed by atoms with Crippen LogP contribution in [0.5, 0.6) is 11.5 Å². The van der Waals surface area contributed by atoms with E-state index in [0.29, 0.717) is 11.1 Å². The van der Waals surface area contributed by atoms with Gasteiger partial charge in [0.05, 0.1) is 11.4 Å². The second-order valence-corrected chi connectivity index (χ2v) is 6.28. The Morgan fingerprint density at radius 1 is 1.19 bits per heavy atom. The van der Waals surface area contributed by atoms with Gasteiger partial charge >= 0.3 is 6.36 Å². The van der Waals surface area contributed by atoms with Crippen molar-refractivity contribution >= 4 is 11.5 Å². The van der Waals surface area contributed by atoms with E-state index in [9.17, 15) is 22.5 Å². The molecule has 0 fully saturated rings. The van der Waals surface area contributed by atoms with Crippen molar-refractivity contribution in [1.29, 1.82) is 5.41 Å². The Kier molecular flexibility index (Phi) is 7.46. The topological polar surface area (TPSA) is 110 Å². The van der Waals surface area contributed by atoms with Gasteiger partial charge in [-0.2, -0.15) is 4.91 Å². The third kappa shape index (κ3) is 6.63. The monoisotopic (exact) mass is 438 g/mol. The molecule has 0 aliphatic carbocycles. The zero-order valence-corrected chi connectivity index (χ0v) is 16.5. The number of nitrogens with zero attached hydrogens (tertiary/aromatic N) is 2. The maximum Gasteiger partial charge on any atom is 0.573 e. The predicted molar refractivity (Wildman–Crippen MR) is 107 cm³/mol. The molecule has 0 unspecified atom stereocenters. The first-order chi connectivity index (χ1) is 14.5. The number of nitrogens with one attached hydrogen (secondary N) is 1. The van der Waals surface area contributed by atoms with Crippen LogP contribution in [0.3, 0.4) is 0 Å². The molecule has 0 atom stereocenters. The van der Waals surface area contributed by atoms with Crippen LogP contribution >= 0.6 is 0 Å². The summed E-state index contributed by atoms with van der Waals surface area (Å²) >= 11 is 0. The summed E-state index contributed by atoms with van der Waals surface area (Å²) in [6, 6.07) is 7.66. The van der Waals surface area contributed by atoms with E-state index in [0.717, 1.165) is 18.4 Å². The number of aryl methyl sites for hydroxylation is 1. The van der Waals surface area contributed by atoms with E-state index in [1.807, 2.05) is 0 Å². The lowest BCUT2D eigenvalue weighted by molar-refractivity contribution is -0.274. The quantitative estimate of drug-likeness (QED) is 0.203. The van der Waals surface area contributed by atoms with Crippen LogP contribution in [0.4, 0.5) is 17.6 Å². The molecule has 0 aliphatic rings. The van der Waals surface area contributed by atoms with Gasteiger partial charge in [0, 0.05) is 11.1 Å². The molecule has 164 valence electrons. The minimum Gasteiger partial charge on any atom is -0.460 e. The average molecular weight is 438 g/mol. The van der Waals surface area contributed by atoms with Crippen LogP contribution in [-0.4, -0.2) is 24.5 Å². The van der Waals surface area contributed by atoms with Crippen LogP contribution in [-0.2, 0) is 0 Å². The van der Waals surface area contributed by atoms with E-state index in [2.05, 4.69) is 14.9 Å². The van der Waals surface area contributed by atoms with Crippen LogP contribution in [0.25, 0.3) is 0 Å². The molecule has 0 saturated heterocycles. The van der Waals surface area contributed by atoms with Crippen LogP contribution in [0.2, 0.25) is 0 Å². The lowest BCUT2D eigenvalue weighted by Gasteiger charge is -2.11. The van der Waals surface area contributed by atoms with Crippen molar-refractivity contribution in [2.75, 3.05) is 6.54 Å². The van der Waals surface area contributed by atoms with Gasteiger partial charge in [-0.25, -0.2) is 9.38 Å². The number of ether oxygens (including phenoxy) is 2. The fraction of sp³-hybridized carbons (Fsp3) is 0.200. The first kappa shape index (κ1) is 23.5. The van der Waals surface area contributed by atoms with Crippen LogP contribution in [0.15, 0.2) is 58.5 Å². The molecule has 0 spiro atoms. The smallest absolute Gasteiger partial charge is 0.460 e. The Morgan fingerprint density at radius 2 is 1.84 bits per heavy atom. The fourth-order valence-corrected chi connectivity index (χ4v) is 2.52. The van der Waals surface area contributed by atoms with Gasteiger partial charge in [0.15, 0.2) is 11.6 Å². The van der Waals surface area contributed by atoms with Gasteiger partial charge in [-0.05, 0) is 49.7 Å². The maximum absolute atomic E-state index is 14.6. The minimum absolute atomic E-state index is 0.0141. The second-order valence-electron chi connectivity index (χ2n) is 6.28. The minimum atomic E-state index is -4.80. The van der Waals surface area contributed by atoms with Crippen molar-refractivity contribution in [3.05, 3.63) is 75.8 Å². The van der Waals surface area contributed by atoms with E-state index in [1.165, 1.54) is 31.2 Å². The molecule has 0 saturated carbocycles. The predicted octanol–water partition coefficient (Wildman–Crippen LogP) is 4.81. The maximum atomic E-state index is 14.6. The first-order valence-corrected chi connectivity index (χ1v) is 8.71. The zero-order valence-electron chi connectivity index (χ0n) is 16.5. The SMILES string of the molecule is C/C(=C/Oc1ccc(C)c(C(=N)CN=O)c1F)N=C(N)c1ccc(OC(F)(F)F)cc1. The summed E-state index contributed by atoms with van der Waals surface area (Å²) in [6.45, 7) is 2.61. The Bertz CT molecular complexity index is 1030. The molecule has 0 radical (unpaired) electrons. The van der Waals surface area contributed by atoms with E-state index in [1.54, 1.807) is 6.92 Å². The molecule has 0 heterocycles. The van der Waals surface area contributed by atoms with Crippen molar-refractivity contribution in [2.45, 2.75) is 20.2 Å². The number of nitroso groups, excluding NO2 is 1.